The van der Waals surface area contributed by atoms with Crippen LogP contribution in [0.4, 0.5) is 11.5 Å². The summed E-state index contributed by atoms with van der Waals surface area (Å²) in [5, 5.41) is 8.50. The summed E-state index contributed by atoms with van der Waals surface area (Å²) >= 11 is 0. The Morgan fingerprint density at radius 1 is 1.32 bits per heavy atom. The Morgan fingerprint density at radius 2 is 2.00 bits per heavy atom. The lowest BCUT2D eigenvalue weighted by molar-refractivity contribution is 0.385. The first kappa shape index (κ1) is 13.6. The molecule has 0 aliphatic carbocycles. The molecule has 7 nitrogen and oxygen atoms in total. The molecular weight excluding hydrogens is 266 g/mol. The summed E-state index contributed by atoms with van der Waals surface area (Å²) in [6.07, 6.45) is 1.58. The highest BCUT2D eigenvalue weighted by atomic mass is 32.2. The van der Waals surface area contributed by atoms with Crippen molar-refractivity contribution in [3.05, 3.63) is 18.3 Å². The Kier molecular flexibility index (Phi) is 3.87. The predicted molar refractivity (Wildman–Crippen MR) is 71.8 cm³/mol. The van der Waals surface area contributed by atoms with Gasteiger partial charge in [-0.1, -0.05) is 0 Å². The number of rotatable bonds is 3. The third-order valence-electron chi connectivity index (χ3n) is 2.97. The Hall–Kier alpha value is -1.85. The number of sulfonamides is 1. The smallest absolute Gasteiger partial charge is 0.227 e. The fraction of sp³-hybridized carbons (Fsp3) is 0.455. The van der Waals surface area contributed by atoms with E-state index < -0.39 is 15.8 Å². The van der Waals surface area contributed by atoms with Crippen molar-refractivity contribution >= 4 is 21.5 Å². The molecule has 0 aromatic carbocycles. The number of aromatic nitrogens is 1. The van der Waals surface area contributed by atoms with Gasteiger partial charge in [0.25, 0.3) is 0 Å². The van der Waals surface area contributed by atoms with Gasteiger partial charge in [0.2, 0.25) is 10.0 Å². The summed E-state index contributed by atoms with van der Waals surface area (Å²) in [5.41, 5.74) is 6.17. The van der Waals surface area contributed by atoms with Gasteiger partial charge in [0.1, 0.15) is 5.82 Å². The molecule has 0 saturated carbocycles. The van der Waals surface area contributed by atoms with Gasteiger partial charge >= 0.3 is 0 Å². The van der Waals surface area contributed by atoms with Crippen LogP contribution in [0.3, 0.4) is 0 Å². The van der Waals surface area contributed by atoms with Crippen LogP contribution >= 0.6 is 0 Å². The molecule has 0 radical (unpaired) electrons. The second kappa shape index (κ2) is 5.42. The lowest BCUT2D eigenvalue weighted by Crippen LogP contribution is -2.49. The minimum absolute atomic E-state index is 0.371. The number of nitriles is 1. The molecule has 1 fully saturated rings. The molecule has 2 rings (SSSR count). The van der Waals surface area contributed by atoms with E-state index in [-0.39, 0.29) is 0 Å². The van der Waals surface area contributed by atoms with E-state index in [1.165, 1.54) is 4.31 Å². The molecule has 1 saturated heterocycles. The number of pyridine rings is 1. The maximum absolute atomic E-state index is 11.7. The summed E-state index contributed by atoms with van der Waals surface area (Å²) in [7, 11) is -3.44. The van der Waals surface area contributed by atoms with Gasteiger partial charge in [-0.2, -0.15) is 9.57 Å². The van der Waals surface area contributed by atoms with Crippen LogP contribution in [0.15, 0.2) is 18.3 Å². The van der Waals surface area contributed by atoms with E-state index in [0.717, 1.165) is 5.82 Å². The van der Waals surface area contributed by atoms with Crippen molar-refractivity contribution < 1.29 is 8.42 Å². The first-order chi connectivity index (χ1) is 9.03. The van der Waals surface area contributed by atoms with Crippen LogP contribution in [0, 0.1) is 11.3 Å². The van der Waals surface area contributed by atoms with Crippen LogP contribution in [0.5, 0.6) is 0 Å². The van der Waals surface area contributed by atoms with Crippen LogP contribution in [0.25, 0.3) is 0 Å². The normalized spacial score (nSPS) is 17.1. The second-order valence-electron chi connectivity index (χ2n) is 4.25. The molecular formula is C11H15N5O2S. The van der Waals surface area contributed by atoms with Gasteiger partial charge in [-0.05, 0) is 12.1 Å². The minimum atomic E-state index is -3.44. The standard InChI is InChI=1S/C11H15N5O2S/c12-3-8-19(17,18)16-6-4-15(5-7-16)11-2-1-10(13)9-14-11/h1-2,9H,4-8,13H2. The predicted octanol–water partition coefficient (Wildman–Crippen LogP) is -0.361. The van der Waals surface area contributed by atoms with Crippen LogP contribution < -0.4 is 10.6 Å². The van der Waals surface area contributed by atoms with E-state index >= 15 is 0 Å². The maximum Gasteiger partial charge on any atom is 0.227 e. The second-order valence-corrected chi connectivity index (χ2v) is 6.22. The summed E-state index contributed by atoms with van der Waals surface area (Å²) in [6.45, 7) is 1.86. The van der Waals surface area contributed by atoms with Gasteiger partial charge in [0, 0.05) is 26.2 Å². The third kappa shape index (κ3) is 3.13. The zero-order valence-electron chi connectivity index (χ0n) is 10.4. The summed E-state index contributed by atoms with van der Waals surface area (Å²) < 4.78 is 24.8. The maximum atomic E-state index is 11.7. The summed E-state index contributed by atoms with van der Waals surface area (Å²) in [6, 6.07) is 5.26. The number of anilines is 2. The number of hydrogen-bond acceptors (Lipinski definition) is 6. The summed E-state index contributed by atoms with van der Waals surface area (Å²) in [5.74, 6) is 0.319. The molecule has 0 atom stereocenters. The Balaban J connectivity index is 2.00. The van der Waals surface area contributed by atoms with Gasteiger partial charge < -0.3 is 10.6 Å². The Bertz CT molecular complexity index is 570. The van der Waals surface area contributed by atoms with Crippen molar-refractivity contribution in [1.29, 1.82) is 5.26 Å². The average molecular weight is 281 g/mol. The van der Waals surface area contributed by atoms with Crippen LogP contribution in [0.2, 0.25) is 0 Å². The molecule has 0 unspecified atom stereocenters. The molecule has 1 aromatic heterocycles. The summed E-state index contributed by atoms with van der Waals surface area (Å²) in [4.78, 5) is 6.20. The molecule has 1 aliphatic rings. The highest BCUT2D eigenvalue weighted by molar-refractivity contribution is 7.89. The lowest BCUT2D eigenvalue weighted by atomic mass is 10.3. The van der Waals surface area contributed by atoms with E-state index in [2.05, 4.69) is 4.98 Å². The van der Waals surface area contributed by atoms with Gasteiger partial charge in [-0.3, -0.25) is 0 Å². The number of hydrogen-bond donors (Lipinski definition) is 1. The minimum Gasteiger partial charge on any atom is -0.397 e. The highest BCUT2D eigenvalue weighted by Crippen LogP contribution is 2.16. The van der Waals surface area contributed by atoms with Crippen molar-refractivity contribution in [3.63, 3.8) is 0 Å². The Labute approximate surface area is 112 Å². The third-order valence-corrected chi connectivity index (χ3v) is 4.62. The van der Waals surface area contributed by atoms with Crippen molar-refractivity contribution in [1.82, 2.24) is 9.29 Å². The molecule has 0 amide bonds. The molecule has 0 spiro atoms. The van der Waals surface area contributed by atoms with Crippen LogP contribution in [-0.4, -0.2) is 49.6 Å². The molecule has 2 heterocycles. The quantitative estimate of drug-likeness (QED) is 0.811. The zero-order valence-corrected chi connectivity index (χ0v) is 11.2. The van der Waals surface area contributed by atoms with Gasteiger partial charge in [0.15, 0.2) is 5.75 Å². The van der Waals surface area contributed by atoms with Crippen molar-refractivity contribution in [3.8, 4) is 6.07 Å². The molecule has 1 aromatic rings. The molecule has 19 heavy (non-hydrogen) atoms. The highest BCUT2D eigenvalue weighted by Gasteiger charge is 2.26. The van der Waals surface area contributed by atoms with E-state index in [1.807, 2.05) is 11.0 Å². The van der Waals surface area contributed by atoms with Crippen molar-refractivity contribution in [2.45, 2.75) is 0 Å². The number of piperazine rings is 1. The van der Waals surface area contributed by atoms with Crippen LogP contribution in [-0.2, 0) is 10.0 Å². The van der Waals surface area contributed by atoms with Gasteiger partial charge in [-0.15, -0.1) is 0 Å². The number of nitrogen functional groups attached to an aromatic ring is 1. The van der Waals surface area contributed by atoms with E-state index in [4.69, 9.17) is 11.0 Å². The first-order valence-corrected chi connectivity index (χ1v) is 7.45. The fourth-order valence-electron chi connectivity index (χ4n) is 1.95. The zero-order chi connectivity index (χ0) is 13.9. The number of nitrogens with two attached hydrogens (primary N) is 1. The molecule has 2 N–H and O–H groups in total. The SMILES string of the molecule is N#CCS(=O)(=O)N1CCN(c2ccc(N)cn2)CC1. The van der Waals surface area contributed by atoms with Crippen molar-refractivity contribution in [2.24, 2.45) is 0 Å². The number of nitrogens with zero attached hydrogens (tertiary/aromatic N) is 4. The monoisotopic (exact) mass is 281 g/mol. The molecule has 102 valence electrons. The largest absolute Gasteiger partial charge is 0.397 e. The average Bonchev–Trinajstić information content (AvgIpc) is 2.40. The van der Waals surface area contributed by atoms with Gasteiger partial charge in [0.05, 0.1) is 18.0 Å². The lowest BCUT2D eigenvalue weighted by Gasteiger charge is -2.34. The van der Waals surface area contributed by atoms with E-state index in [9.17, 15) is 8.42 Å². The molecule has 8 heteroatoms. The molecule has 0 bridgehead atoms. The van der Waals surface area contributed by atoms with E-state index in [0.29, 0.717) is 31.9 Å². The van der Waals surface area contributed by atoms with Gasteiger partial charge in [-0.25, -0.2) is 13.4 Å². The molecule has 1 aliphatic heterocycles. The fourth-order valence-corrected chi connectivity index (χ4v) is 3.02. The first-order valence-electron chi connectivity index (χ1n) is 5.84. The topological polar surface area (TPSA) is 103 Å². The Morgan fingerprint density at radius 3 is 2.53 bits per heavy atom. The van der Waals surface area contributed by atoms with Crippen molar-refractivity contribution in [2.75, 3.05) is 42.6 Å². The van der Waals surface area contributed by atoms with E-state index in [1.54, 1.807) is 18.3 Å². The van der Waals surface area contributed by atoms with Crippen LogP contribution in [0.1, 0.15) is 0 Å².